The van der Waals surface area contributed by atoms with Gasteiger partial charge in [-0.2, -0.15) is 0 Å². The fourth-order valence-electron chi connectivity index (χ4n) is 6.40. The van der Waals surface area contributed by atoms with Gasteiger partial charge in [0, 0.05) is 6.42 Å². The molecular formula is C37H69NO13. The van der Waals surface area contributed by atoms with Gasteiger partial charge >= 0.3 is 0 Å². The van der Waals surface area contributed by atoms with Gasteiger partial charge in [0.25, 0.3) is 0 Å². The number of rotatable bonds is 27. The van der Waals surface area contributed by atoms with Crippen molar-refractivity contribution in [1.82, 2.24) is 5.32 Å². The maximum absolute atomic E-state index is 12.9. The smallest absolute Gasteiger partial charge is 0.220 e. The van der Waals surface area contributed by atoms with E-state index < -0.39 is 86.8 Å². The summed E-state index contributed by atoms with van der Waals surface area (Å²) in [4.78, 5) is 12.9. The number of hydrogen-bond acceptors (Lipinski definition) is 13. The van der Waals surface area contributed by atoms with E-state index in [-0.39, 0.29) is 18.9 Å². The van der Waals surface area contributed by atoms with Crippen molar-refractivity contribution in [2.24, 2.45) is 0 Å². The molecule has 0 aliphatic carbocycles. The topological polar surface area (TPSA) is 228 Å². The summed E-state index contributed by atoms with van der Waals surface area (Å²) in [5.41, 5.74) is 0. The van der Waals surface area contributed by atoms with E-state index in [9.17, 15) is 45.6 Å². The van der Waals surface area contributed by atoms with Crippen molar-refractivity contribution in [3.8, 4) is 0 Å². The van der Waals surface area contributed by atoms with Crippen molar-refractivity contribution in [2.45, 2.75) is 197 Å². The SMILES string of the molecule is CCCCCCCCCC/C=C/[C@@H](O)[C@H](CO[C@@H]1O[C@H](CO)[C@@H](O[C@@H]2O[C@H](CO)[C@H](O)C(O)C2O)C(O)C1O)NC(=O)CCCCCCCCC. The van der Waals surface area contributed by atoms with Gasteiger partial charge in [0.15, 0.2) is 12.6 Å². The van der Waals surface area contributed by atoms with Crippen LogP contribution < -0.4 is 5.32 Å². The highest BCUT2D eigenvalue weighted by Gasteiger charge is 2.50. The molecule has 2 heterocycles. The van der Waals surface area contributed by atoms with Crippen LogP contribution in [0.4, 0.5) is 0 Å². The minimum absolute atomic E-state index is 0.251. The molecule has 2 fully saturated rings. The third-order valence-electron chi connectivity index (χ3n) is 9.72. The Balaban J connectivity index is 1.98. The number of amides is 1. The van der Waals surface area contributed by atoms with Crippen LogP contribution in [0, 0.1) is 0 Å². The summed E-state index contributed by atoms with van der Waals surface area (Å²) in [5.74, 6) is -0.251. The summed E-state index contributed by atoms with van der Waals surface area (Å²) < 4.78 is 22.5. The third kappa shape index (κ3) is 16.3. The summed E-state index contributed by atoms with van der Waals surface area (Å²) in [6.45, 7) is 2.66. The van der Waals surface area contributed by atoms with E-state index in [1.165, 1.54) is 57.8 Å². The Morgan fingerprint density at radius 2 is 1.22 bits per heavy atom. The second kappa shape index (κ2) is 26.5. The second-order valence-corrected chi connectivity index (χ2v) is 14.1. The molecule has 2 aliphatic heterocycles. The van der Waals surface area contributed by atoms with Gasteiger partial charge in [-0.15, -0.1) is 0 Å². The van der Waals surface area contributed by atoms with Crippen LogP contribution >= 0.6 is 0 Å². The molecule has 12 atom stereocenters. The molecule has 2 saturated heterocycles. The van der Waals surface area contributed by atoms with Crippen molar-refractivity contribution >= 4 is 5.91 Å². The molecule has 1 amide bonds. The predicted molar refractivity (Wildman–Crippen MR) is 189 cm³/mol. The van der Waals surface area contributed by atoms with Gasteiger partial charge in [-0.1, -0.05) is 109 Å². The van der Waals surface area contributed by atoms with Gasteiger partial charge in [-0.05, 0) is 19.3 Å². The monoisotopic (exact) mass is 735 g/mol. The van der Waals surface area contributed by atoms with Crippen molar-refractivity contribution in [1.29, 1.82) is 0 Å². The molecule has 0 aromatic rings. The molecule has 51 heavy (non-hydrogen) atoms. The highest BCUT2D eigenvalue weighted by Crippen LogP contribution is 2.29. The Morgan fingerprint density at radius 1 is 0.686 bits per heavy atom. The Kier molecular flexibility index (Phi) is 23.8. The summed E-state index contributed by atoms with van der Waals surface area (Å²) in [6.07, 6.45) is 4.49. The molecule has 9 N–H and O–H groups in total. The van der Waals surface area contributed by atoms with Crippen molar-refractivity contribution in [3.05, 3.63) is 12.2 Å². The summed E-state index contributed by atoms with van der Waals surface area (Å²) in [7, 11) is 0. The number of aliphatic hydroxyl groups is 8. The van der Waals surface area contributed by atoms with Crippen LogP contribution in [-0.2, 0) is 23.7 Å². The molecule has 2 aliphatic rings. The molecule has 0 aromatic carbocycles. The standard InChI is InChI=1S/C37H69NO13/c1-3-5-7-9-11-12-13-15-16-18-20-26(41)25(38-29(42)21-19-17-14-10-8-6-4-2)24-48-36-34(47)32(45)35(28(23-40)50-36)51-37-33(46)31(44)30(43)27(22-39)49-37/h18,20,25-28,30-37,39-41,43-47H,3-17,19,21-24H2,1-2H3,(H,38,42)/b20-18+/t25-,26+,27+,28+,30-,31?,32?,33?,34?,35+,36+,37-/m0/s1. The highest BCUT2D eigenvalue weighted by molar-refractivity contribution is 5.76. The number of unbranched alkanes of at least 4 members (excludes halogenated alkanes) is 14. The molecule has 14 heteroatoms. The van der Waals surface area contributed by atoms with E-state index in [1.54, 1.807) is 6.08 Å². The van der Waals surface area contributed by atoms with Crippen molar-refractivity contribution < 1.29 is 64.6 Å². The predicted octanol–water partition coefficient (Wildman–Crippen LogP) is 1.70. The zero-order valence-electron chi connectivity index (χ0n) is 30.8. The van der Waals surface area contributed by atoms with Crippen LogP contribution in [0.3, 0.4) is 0 Å². The van der Waals surface area contributed by atoms with E-state index in [2.05, 4.69) is 19.2 Å². The first-order chi connectivity index (χ1) is 24.6. The highest BCUT2D eigenvalue weighted by atomic mass is 16.7. The van der Waals surface area contributed by atoms with Gasteiger partial charge in [0.05, 0.1) is 32.0 Å². The number of nitrogens with one attached hydrogen (secondary N) is 1. The molecule has 4 unspecified atom stereocenters. The van der Waals surface area contributed by atoms with E-state index >= 15 is 0 Å². The lowest BCUT2D eigenvalue weighted by atomic mass is 9.97. The minimum atomic E-state index is -1.78. The lowest BCUT2D eigenvalue weighted by Crippen LogP contribution is -2.65. The first-order valence-corrected chi connectivity index (χ1v) is 19.4. The molecular weight excluding hydrogens is 666 g/mol. The van der Waals surface area contributed by atoms with E-state index in [0.717, 1.165) is 38.5 Å². The minimum Gasteiger partial charge on any atom is -0.394 e. The Morgan fingerprint density at radius 3 is 1.80 bits per heavy atom. The summed E-state index contributed by atoms with van der Waals surface area (Å²) in [5, 5.41) is 85.8. The fourth-order valence-corrected chi connectivity index (χ4v) is 6.40. The second-order valence-electron chi connectivity index (χ2n) is 14.1. The van der Waals surface area contributed by atoms with Crippen molar-refractivity contribution in [2.75, 3.05) is 19.8 Å². The number of aliphatic hydroxyl groups excluding tert-OH is 8. The third-order valence-corrected chi connectivity index (χ3v) is 9.72. The number of allylic oxidation sites excluding steroid dienone is 1. The van der Waals surface area contributed by atoms with E-state index in [0.29, 0.717) is 6.42 Å². The van der Waals surface area contributed by atoms with Gasteiger partial charge in [-0.3, -0.25) is 4.79 Å². The number of hydrogen-bond donors (Lipinski definition) is 9. The molecule has 0 radical (unpaired) electrons. The molecule has 0 saturated carbocycles. The Hall–Kier alpha value is -1.27. The molecule has 0 bridgehead atoms. The number of carbonyl (C=O) groups excluding carboxylic acids is 1. The average molecular weight is 736 g/mol. The summed E-state index contributed by atoms with van der Waals surface area (Å²) in [6, 6.07) is -0.902. The first-order valence-electron chi connectivity index (χ1n) is 19.4. The molecule has 0 spiro atoms. The van der Waals surface area contributed by atoms with Crippen LogP contribution in [0.25, 0.3) is 0 Å². The molecule has 300 valence electrons. The quantitative estimate of drug-likeness (QED) is 0.0433. The zero-order valence-corrected chi connectivity index (χ0v) is 30.8. The lowest BCUT2D eigenvalue weighted by Gasteiger charge is -2.46. The van der Waals surface area contributed by atoms with Crippen LogP contribution in [0.1, 0.15) is 123 Å². The van der Waals surface area contributed by atoms with Crippen LogP contribution in [0.5, 0.6) is 0 Å². The fraction of sp³-hybridized carbons (Fsp3) is 0.919. The van der Waals surface area contributed by atoms with Crippen molar-refractivity contribution in [3.63, 3.8) is 0 Å². The van der Waals surface area contributed by atoms with Gasteiger partial charge in [-0.25, -0.2) is 0 Å². The zero-order chi connectivity index (χ0) is 37.6. The largest absolute Gasteiger partial charge is 0.394 e. The molecule has 0 aromatic heterocycles. The first kappa shape index (κ1) is 45.9. The van der Waals surface area contributed by atoms with Gasteiger partial charge < -0.3 is 65.1 Å². The maximum Gasteiger partial charge on any atom is 0.220 e. The number of ether oxygens (including phenoxy) is 4. The van der Waals surface area contributed by atoms with Crippen LogP contribution in [0.2, 0.25) is 0 Å². The summed E-state index contributed by atoms with van der Waals surface area (Å²) >= 11 is 0. The Bertz CT molecular complexity index is 925. The van der Waals surface area contributed by atoms with Crippen LogP contribution in [0.15, 0.2) is 12.2 Å². The average Bonchev–Trinajstić information content (AvgIpc) is 3.12. The molecule has 14 nitrogen and oxygen atoms in total. The molecule has 2 rings (SSSR count). The maximum atomic E-state index is 12.9. The number of carbonyl (C=O) groups is 1. The Labute approximate surface area is 304 Å². The normalized spacial score (nSPS) is 31.2. The lowest BCUT2D eigenvalue weighted by molar-refractivity contribution is -0.359. The van der Waals surface area contributed by atoms with E-state index in [1.807, 2.05) is 6.08 Å². The van der Waals surface area contributed by atoms with Crippen LogP contribution in [-0.4, -0.2) is 140 Å². The van der Waals surface area contributed by atoms with E-state index in [4.69, 9.17) is 18.9 Å². The van der Waals surface area contributed by atoms with Gasteiger partial charge in [0.2, 0.25) is 5.91 Å². The van der Waals surface area contributed by atoms with Gasteiger partial charge in [0.1, 0.15) is 48.8 Å².